The van der Waals surface area contributed by atoms with E-state index in [1.54, 1.807) is 24.3 Å². The molecule has 0 aromatic heterocycles. The van der Waals surface area contributed by atoms with Gasteiger partial charge in [-0.15, -0.1) is 0 Å². The Labute approximate surface area is 121 Å². The summed E-state index contributed by atoms with van der Waals surface area (Å²) in [6, 6.07) is 10.7. The number of hydrogen-bond acceptors (Lipinski definition) is 4. The highest BCUT2D eigenvalue weighted by molar-refractivity contribution is 5.64. The minimum atomic E-state index is -0.476. The number of nitrogens with zero attached hydrogens (tertiary/aromatic N) is 1. The number of halogens is 1. The van der Waals surface area contributed by atoms with Crippen molar-refractivity contribution in [2.45, 2.75) is 13.5 Å². The molecular formula is C15H15FN2O3. The Hall–Kier alpha value is -2.63. The van der Waals surface area contributed by atoms with Crippen LogP contribution in [0.2, 0.25) is 0 Å². The van der Waals surface area contributed by atoms with Gasteiger partial charge in [-0.25, -0.2) is 4.39 Å². The molecule has 1 N–H and O–H groups in total. The van der Waals surface area contributed by atoms with E-state index in [4.69, 9.17) is 4.74 Å². The minimum Gasteiger partial charge on any atom is -0.494 e. The third-order valence-electron chi connectivity index (χ3n) is 2.85. The molecule has 0 amide bonds. The summed E-state index contributed by atoms with van der Waals surface area (Å²) in [6.45, 7) is 2.54. The van der Waals surface area contributed by atoms with Crippen molar-refractivity contribution in [3.8, 4) is 5.75 Å². The van der Waals surface area contributed by atoms with E-state index in [9.17, 15) is 14.5 Å². The van der Waals surface area contributed by atoms with Gasteiger partial charge in [0.15, 0.2) is 0 Å². The molecule has 0 spiro atoms. The van der Waals surface area contributed by atoms with E-state index in [2.05, 4.69) is 5.32 Å². The average Bonchev–Trinajstić information content (AvgIpc) is 2.46. The van der Waals surface area contributed by atoms with E-state index in [1.807, 2.05) is 6.92 Å². The molecule has 0 aliphatic rings. The second kappa shape index (κ2) is 6.69. The van der Waals surface area contributed by atoms with Gasteiger partial charge < -0.3 is 10.1 Å². The second-order valence-corrected chi connectivity index (χ2v) is 4.35. The number of anilines is 1. The third kappa shape index (κ3) is 3.92. The first kappa shape index (κ1) is 14.8. The summed E-state index contributed by atoms with van der Waals surface area (Å²) in [4.78, 5) is 10.6. The first-order valence-electron chi connectivity index (χ1n) is 6.49. The smallest absolute Gasteiger partial charge is 0.296 e. The van der Waals surface area contributed by atoms with Crippen LogP contribution in [-0.4, -0.2) is 11.5 Å². The van der Waals surface area contributed by atoms with Gasteiger partial charge in [-0.2, -0.15) is 0 Å². The van der Waals surface area contributed by atoms with Crippen LogP contribution < -0.4 is 10.1 Å². The molecule has 0 heterocycles. The van der Waals surface area contributed by atoms with Crippen molar-refractivity contribution in [3.05, 3.63) is 64.0 Å². The fraction of sp³-hybridized carbons (Fsp3) is 0.200. The SMILES string of the molecule is CCOc1ccc(NCc2cccc(F)c2)c([N+](=O)[O-])c1. The number of benzene rings is 2. The molecule has 110 valence electrons. The fourth-order valence-corrected chi connectivity index (χ4v) is 1.91. The molecule has 6 heteroatoms. The molecule has 21 heavy (non-hydrogen) atoms. The summed E-state index contributed by atoms with van der Waals surface area (Å²) < 4.78 is 18.3. The molecule has 0 unspecified atom stereocenters. The van der Waals surface area contributed by atoms with Crippen LogP contribution in [0.1, 0.15) is 12.5 Å². The van der Waals surface area contributed by atoms with Crippen molar-refractivity contribution in [1.29, 1.82) is 0 Å². The van der Waals surface area contributed by atoms with Gasteiger partial charge >= 0.3 is 0 Å². The summed E-state index contributed by atoms with van der Waals surface area (Å²) in [5.41, 5.74) is 1.00. The number of nitro benzene ring substituents is 1. The number of rotatable bonds is 6. The van der Waals surface area contributed by atoms with E-state index < -0.39 is 4.92 Å². The standard InChI is InChI=1S/C15H15FN2O3/c1-2-21-13-6-7-14(15(9-13)18(19)20)17-10-11-4-3-5-12(16)8-11/h3-9,17H,2,10H2,1H3. The van der Waals surface area contributed by atoms with Gasteiger partial charge in [-0.05, 0) is 36.8 Å². The Morgan fingerprint density at radius 3 is 2.76 bits per heavy atom. The van der Waals surface area contributed by atoms with Crippen molar-refractivity contribution >= 4 is 11.4 Å². The fourth-order valence-electron chi connectivity index (χ4n) is 1.91. The lowest BCUT2D eigenvalue weighted by Gasteiger charge is -2.09. The van der Waals surface area contributed by atoms with Crippen LogP contribution in [-0.2, 0) is 6.54 Å². The number of hydrogen-bond donors (Lipinski definition) is 1. The molecule has 2 aromatic carbocycles. The quantitative estimate of drug-likeness (QED) is 0.650. The van der Waals surface area contributed by atoms with Gasteiger partial charge in [0.1, 0.15) is 17.3 Å². The molecule has 5 nitrogen and oxygen atoms in total. The number of ether oxygens (including phenoxy) is 1. The molecule has 0 aliphatic heterocycles. The predicted molar refractivity (Wildman–Crippen MR) is 78.0 cm³/mol. The Bertz CT molecular complexity index is 647. The van der Waals surface area contributed by atoms with Gasteiger partial charge in [0.2, 0.25) is 0 Å². The van der Waals surface area contributed by atoms with Crippen LogP contribution in [0.15, 0.2) is 42.5 Å². The maximum atomic E-state index is 13.1. The van der Waals surface area contributed by atoms with Crippen LogP contribution in [0.5, 0.6) is 5.75 Å². The molecule has 2 rings (SSSR count). The van der Waals surface area contributed by atoms with Crippen molar-refractivity contribution in [1.82, 2.24) is 0 Å². The zero-order valence-electron chi connectivity index (χ0n) is 11.5. The Morgan fingerprint density at radius 1 is 1.29 bits per heavy atom. The number of nitrogens with one attached hydrogen (secondary N) is 1. The summed E-state index contributed by atoms with van der Waals surface area (Å²) >= 11 is 0. The Kier molecular flexibility index (Phi) is 4.71. The molecule has 0 saturated heterocycles. The first-order chi connectivity index (χ1) is 10.1. The Balaban J connectivity index is 2.17. The lowest BCUT2D eigenvalue weighted by atomic mass is 10.2. The monoisotopic (exact) mass is 290 g/mol. The van der Waals surface area contributed by atoms with E-state index in [-0.39, 0.29) is 11.5 Å². The molecule has 0 bridgehead atoms. The molecule has 0 aliphatic carbocycles. The molecule has 0 fully saturated rings. The highest BCUT2D eigenvalue weighted by Gasteiger charge is 2.15. The van der Waals surface area contributed by atoms with E-state index in [0.29, 0.717) is 30.2 Å². The Morgan fingerprint density at radius 2 is 2.10 bits per heavy atom. The summed E-state index contributed by atoms with van der Waals surface area (Å²) in [7, 11) is 0. The van der Waals surface area contributed by atoms with Crippen LogP contribution in [0.3, 0.4) is 0 Å². The summed E-state index contributed by atoms with van der Waals surface area (Å²) in [5, 5.41) is 14.0. The van der Waals surface area contributed by atoms with Crippen LogP contribution >= 0.6 is 0 Å². The second-order valence-electron chi connectivity index (χ2n) is 4.35. The minimum absolute atomic E-state index is 0.0719. The zero-order valence-corrected chi connectivity index (χ0v) is 11.5. The van der Waals surface area contributed by atoms with Crippen LogP contribution in [0, 0.1) is 15.9 Å². The van der Waals surface area contributed by atoms with Crippen molar-refractivity contribution in [2.24, 2.45) is 0 Å². The lowest BCUT2D eigenvalue weighted by molar-refractivity contribution is -0.384. The topological polar surface area (TPSA) is 64.4 Å². The van der Waals surface area contributed by atoms with Crippen molar-refractivity contribution < 1.29 is 14.1 Å². The summed E-state index contributed by atoms with van der Waals surface area (Å²) in [6.07, 6.45) is 0. The zero-order chi connectivity index (χ0) is 15.2. The van der Waals surface area contributed by atoms with Gasteiger partial charge in [0.25, 0.3) is 5.69 Å². The normalized spacial score (nSPS) is 10.2. The molecule has 0 saturated carbocycles. The summed E-state index contributed by atoms with van der Waals surface area (Å²) in [5.74, 6) is 0.107. The van der Waals surface area contributed by atoms with Crippen molar-refractivity contribution in [3.63, 3.8) is 0 Å². The van der Waals surface area contributed by atoms with Crippen molar-refractivity contribution in [2.75, 3.05) is 11.9 Å². The highest BCUT2D eigenvalue weighted by atomic mass is 19.1. The lowest BCUT2D eigenvalue weighted by Crippen LogP contribution is -2.03. The largest absolute Gasteiger partial charge is 0.494 e. The molecular weight excluding hydrogens is 275 g/mol. The van der Waals surface area contributed by atoms with E-state index in [1.165, 1.54) is 18.2 Å². The maximum Gasteiger partial charge on any atom is 0.296 e. The van der Waals surface area contributed by atoms with Gasteiger partial charge in [0, 0.05) is 6.54 Å². The van der Waals surface area contributed by atoms with Gasteiger partial charge in [-0.1, -0.05) is 12.1 Å². The van der Waals surface area contributed by atoms with Crippen LogP contribution in [0.25, 0.3) is 0 Å². The van der Waals surface area contributed by atoms with Gasteiger partial charge in [0.05, 0.1) is 17.6 Å². The number of nitro groups is 1. The molecule has 2 aromatic rings. The molecule has 0 radical (unpaired) electrons. The first-order valence-corrected chi connectivity index (χ1v) is 6.49. The van der Waals surface area contributed by atoms with E-state index >= 15 is 0 Å². The highest BCUT2D eigenvalue weighted by Crippen LogP contribution is 2.29. The predicted octanol–water partition coefficient (Wildman–Crippen LogP) is 3.74. The maximum absolute atomic E-state index is 13.1. The van der Waals surface area contributed by atoms with E-state index in [0.717, 1.165) is 0 Å². The van der Waals surface area contributed by atoms with Crippen LogP contribution in [0.4, 0.5) is 15.8 Å². The van der Waals surface area contributed by atoms with Gasteiger partial charge in [-0.3, -0.25) is 10.1 Å². The molecule has 0 atom stereocenters. The average molecular weight is 290 g/mol. The third-order valence-corrected chi connectivity index (χ3v) is 2.85.